The summed E-state index contributed by atoms with van der Waals surface area (Å²) >= 11 is 0. The van der Waals surface area contributed by atoms with Crippen LogP contribution < -0.4 is 11.1 Å². The maximum atomic E-state index is 12.6. The Kier molecular flexibility index (Phi) is 5.99. The number of hydrogen-bond acceptors (Lipinski definition) is 3. The average Bonchev–Trinajstić information content (AvgIpc) is 2.38. The first-order chi connectivity index (χ1) is 9.30. The van der Waals surface area contributed by atoms with Crippen molar-refractivity contribution in [1.29, 1.82) is 0 Å². The second kappa shape index (κ2) is 7.07. The van der Waals surface area contributed by atoms with E-state index in [1.165, 1.54) is 0 Å². The summed E-state index contributed by atoms with van der Waals surface area (Å²) in [5, 5.41) is 11.9. The molecule has 1 saturated carbocycles. The van der Waals surface area contributed by atoms with E-state index in [9.17, 15) is 9.59 Å². The van der Waals surface area contributed by atoms with Gasteiger partial charge in [0.05, 0.1) is 11.8 Å². The molecule has 0 aromatic rings. The summed E-state index contributed by atoms with van der Waals surface area (Å²) in [7, 11) is 0. The van der Waals surface area contributed by atoms with Crippen LogP contribution in [0.4, 0.5) is 0 Å². The van der Waals surface area contributed by atoms with E-state index < -0.39 is 11.4 Å². The van der Waals surface area contributed by atoms with E-state index >= 15 is 0 Å². The minimum Gasteiger partial charge on any atom is -0.481 e. The Bertz CT molecular complexity index is 347. The predicted molar refractivity (Wildman–Crippen MR) is 78.1 cm³/mol. The third kappa shape index (κ3) is 4.20. The maximum absolute atomic E-state index is 12.6. The molecule has 0 spiro atoms. The van der Waals surface area contributed by atoms with Gasteiger partial charge in [0.25, 0.3) is 0 Å². The van der Waals surface area contributed by atoms with Crippen LogP contribution in [0.5, 0.6) is 0 Å². The maximum Gasteiger partial charge on any atom is 0.305 e. The number of carboxylic acids is 1. The van der Waals surface area contributed by atoms with Gasteiger partial charge in [-0.1, -0.05) is 20.8 Å². The molecule has 1 atom stereocenters. The van der Waals surface area contributed by atoms with Gasteiger partial charge in [0.2, 0.25) is 5.91 Å². The monoisotopic (exact) mass is 284 g/mol. The van der Waals surface area contributed by atoms with E-state index in [1.807, 2.05) is 13.8 Å². The van der Waals surface area contributed by atoms with Gasteiger partial charge in [0.15, 0.2) is 0 Å². The molecule has 0 bridgehead atoms. The molecule has 0 heterocycles. The van der Waals surface area contributed by atoms with Gasteiger partial charge in [-0.2, -0.15) is 0 Å². The van der Waals surface area contributed by atoms with Crippen LogP contribution in [0.3, 0.4) is 0 Å². The molecule has 0 aliphatic heterocycles. The highest BCUT2D eigenvalue weighted by atomic mass is 16.4. The van der Waals surface area contributed by atoms with Crippen molar-refractivity contribution in [2.24, 2.45) is 23.0 Å². The number of nitrogens with two attached hydrogens (primary N) is 1. The summed E-state index contributed by atoms with van der Waals surface area (Å²) in [6.45, 7) is 6.38. The van der Waals surface area contributed by atoms with Crippen molar-refractivity contribution in [3.63, 3.8) is 0 Å². The van der Waals surface area contributed by atoms with Gasteiger partial charge in [0, 0.05) is 12.6 Å². The van der Waals surface area contributed by atoms with Crippen LogP contribution in [0.15, 0.2) is 0 Å². The Morgan fingerprint density at radius 1 is 1.35 bits per heavy atom. The molecule has 4 N–H and O–H groups in total. The van der Waals surface area contributed by atoms with Crippen molar-refractivity contribution in [1.82, 2.24) is 5.32 Å². The molecule has 0 saturated heterocycles. The van der Waals surface area contributed by atoms with Gasteiger partial charge in [-0.15, -0.1) is 0 Å². The molecule has 1 amide bonds. The van der Waals surface area contributed by atoms with Crippen molar-refractivity contribution >= 4 is 11.9 Å². The molecule has 1 aliphatic carbocycles. The third-order valence-electron chi connectivity index (χ3n) is 4.62. The molecule has 1 aliphatic rings. The quantitative estimate of drug-likeness (QED) is 0.693. The normalized spacial score (nSPS) is 28.1. The Hall–Kier alpha value is -1.10. The second-order valence-corrected chi connectivity index (χ2v) is 6.59. The molecule has 5 nitrogen and oxygen atoms in total. The van der Waals surface area contributed by atoms with E-state index in [0.29, 0.717) is 12.5 Å². The van der Waals surface area contributed by atoms with E-state index in [2.05, 4.69) is 12.2 Å². The lowest BCUT2D eigenvalue weighted by molar-refractivity contribution is -0.139. The van der Waals surface area contributed by atoms with Crippen LogP contribution >= 0.6 is 0 Å². The standard InChI is InChI=1S/C15H28N2O3/c1-10(2)12(8-13(18)19)17-14(20)15(9-16)6-4-11(3)5-7-15/h10-12H,4-9,16H2,1-3H3,(H,17,20)(H,18,19). The number of carbonyl (C=O) groups is 2. The molecule has 116 valence electrons. The van der Waals surface area contributed by atoms with Gasteiger partial charge in [-0.25, -0.2) is 0 Å². The van der Waals surface area contributed by atoms with Crippen LogP contribution in [0.25, 0.3) is 0 Å². The molecule has 0 aromatic carbocycles. The van der Waals surface area contributed by atoms with Gasteiger partial charge in [-0.3, -0.25) is 9.59 Å². The molecule has 0 aromatic heterocycles. The first kappa shape index (κ1) is 17.0. The van der Waals surface area contributed by atoms with Gasteiger partial charge in [-0.05, 0) is 37.5 Å². The molecule has 0 radical (unpaired) electrons. The molecular weight excluding hydrogens is 256 g/mol. The highest BCUT2D eigenvalue weighted by molar-refractivity contribution is 5.84. The number of nitrogens with one attached hydrogen (secondary N) is 1. The van der Waals surface area contributed by atoms with Crippen LogP contribution in [-0.4, -0.2) is 29.6 Å². The molecule has 1 rings (SSSR count). The highest BCUT2D eigenvalue weighted by Gasteiger charge is 2.40. The Balaban J connectivity index is 2.73. The first-order valence-corrected chi connectivity index (χ1v) is 7.53. The number of carboxylic acid groups (broad SMARTS) is 1. The molecule has 5 heteroatoms. The number of amides is 1. The van der Waals surface area contributed by atoms with Crippen molar-refractivity contribution in [2.45, 2.75) is 58.9 Å². The fourth-order valence-corrected chi connectivity index (χ4v) is 2.80. The topological polar surface area (TPSA) is 92.4 Å². The lowest BCUT2D eigenvalue weighted by Gasteiger charge is -2.38. The largest absolute Gasteiger partial charge is 0.481 e. The Morgan fingerprint density at radius 3 is 2.30 bits per heavy atom. The first-order valence-electron chi connectivity index (χ1n) is 7.53. The summed E-state index contributed by atoms with van der Waals surface area (Å²) in [5.41, 5.74) is 5.36. The predicted octanol–water partition coefficient (Wildman–Crippen LogP) is 1.76. The smallest absolute Gasteiger partial charge is 0.305 e. The molecule has 1 fully saturated rings. The van der Waals surface area contributed by atoms with Crippen LogP contribution in [0.2, 0.25) is 0 Å². The van der Waals surface area contributed by atoms with Gasteiger partial charge >= 0.3 is 5.97 Å². The summed E-state index contributed by atoms with van der Waals surface area (Å²) in [4.78, 5) is 23.5. The van der Waals surface area contributed by atoms with E-state index in [4.69, 9.17) is 10.8 Å². The molecular formula is C15H28N2O3. The van der Waals surface area contributed by atoms with Crippen molar-refractivity contribution in [2.75, 3.05) is 6.54 Å². The van der Waals surface area contributed by atoms with Crippen LogP contribution in [0.1, 0.15) is 52.9 Å². The SMILES string of the molecule is CC1CCC(CN)(C(=O)NC(CC(=O)O)C(C)C)CC1. The van der Waals surface area contributed by atoms with Crippen LogP contribution in [0, 0.1) is 17.3 Å². The Morgan fingerprint density at radius 2 is 1.90 bits per heavy atom. The van der Waals surface area contributed by atoms with E-state index in [0.717, 1.165) is 25.7 Å². The van der Waals surface area contributed by atoms with Crippen molar-refractivity contribution in [3.05, 3.63) is 0 Å². The minimum atomic E-state index is -0.886. The van der Waals surface area contributed by atoms with E-state index in [1.54, 1.807) is 0 Å². The number of aliphatic carboxylic acids is 1. The third-order valence-corrected chi connectivity index (χ3v) is 4.62. The van der Waals surface area contributed by atoms with Gasteiger partial charge in [0.1, 0.15) is 0 Å². The van der Waals surface area contributed by atoms with Crippen LogP contribution in [-0.2, 0) is 9.59 Å². The molecule has 1 unspecified atom stereocenters. The summed E-state index contributed by atoms with van der Waals surface area (Å²) in [5.74, 6) is -0.218. The van der Waals surface area contributed by atoms with Gasteiger partial charge < -0.3 is 16.2 Å². The zero-order chi connectivity index (χ0) is 15.3. The lowest BCUT2D eigenvalue weighted by Crippen LogP contribution is -2.52. The van der Waals surface area contributed by atoms with Crippen molar-refractivity contribution < 1.29 is 14.7 Å². The lowest BCUT2D eigenvalue weighted by atomic mass is 9.70. The summed E-state index contributed by atoms with van der Waals surface area (Å²) in [6.07, 6.45) is 3.58. The number of hydrogen-bond donors (Lipinski definition) is 3. The highest BCUT2D eigenvalue weighted by Crippen LogP contribution is 2.38. The number of rotatable bonds is 6. The summed E-state index contributed by atoms with van der Waals surface area (Å²) < 4.78 is 0. The summed E-state index contributed by atoms with van der Waals surface area (Å²) in [6, 6.07) is -0.331. The Labute approximate surface area is 121 Å². The minimum absolute atomic E-state index is 0.0412. The van der Waals surface area contributed by atoms with Crippen molar-refractivity contribution in [3.8, 4) is 0 Å². The van der Waals surface area contributed by atoms with E-state index in [-0.39, 0.29) is 24.3 Å². The average molecular weight is 284 g/mol. The fraction of sp³-hybridized carbons (Fsp3) is 0.867. The zero-order valence-corrected chi connectivity index (χ0v) is 12.8. The molecule has 20 heavy (non-hydrogen) atoms. The number of carbonyl (C=O) groups excluding carboxylic acids is 1. The fourth-order valence-electron chi connectivity index (χ4n) is 2.80. The zero-order valence-electron chi connectivity index (χ0n) is 12.8. The second-order valence-electron chi connectivity index (χ2n) is 6.59.